The van der Waals surface area contributed by atoms with Crippen molar-refractivity contribution in [2.45, 2.75) is 0 Å². The van der Waals surface area contributed by atoms with Gasteiger partial charge in [-0.3, -0.25) is 10.1 Å². The number of methoxy groups -OCH3 is 2. The van der Waals surface area contributed by atoms with Gasteiger partial charge in [0.2, 0.25) is 0 Å². The number of ether oxygens (including phenoxy) is 3. The van der Waals surface area contributed by atoms with Crippen LogP contribution in [0.4, 0.5) is 5.69 Å². The van der Waals surface area contributed by atoms with Crippen molar-refractivity contribution in [2.75, 3.05) is 27.4 Å². The summed E-state index contributed by atoms with van der Waals surface area (Å²) in [6.07, 6.45) is 0. The van der Waals surface area contributed by atoms with Crippen LogP contribution in [0.25, 0.3) is 11.0 Å². The molecule has 0 saturated carbocycles. The second-order valence-corrected chi connectivity index (χ2v) is 4.03. The number of nitro benzene ring substituents is 1. The van der Waals surface area contributed by atoms with E-state index in [0.29, 0.717) is 17.6 Å². The molecule has 112 valence electrons. The number of carbonyl (C=O) groups is 1. The van der Waals surface area contributed by atoms with Gasteiger partial charge in [0.05, 0.1) is 24.0 Å². The van der Waals surface area contributed by atoms with E-state index in [1.807, 2.05) is 0 Å². The number of rotatable bonds is 6. The number of nitro groups is 1. The van der Waals surface area contributed by atoms with Crippen LogP contribution >= 0.6 is 0 Å². The van der Waals surface area contributed by atoms with Crippen LogP contribution in [0.1, 0.15) is 10.6 Å². The molecule has 0 N–H and O–H groups in total. The van der Waals surface area contributed by atoms with Crippen LogP contribution in [0.2, 0.25) is 0 Å². The summed E-state index contributed by atoms with van der Waals surface area (Å²) in [7, 11) is 2.71. The van der Waals surface area contributed by atoms with Gasteiger partial charge in [-0.25, -0.2) is 4.79 Å². The number of nitrogens with zero attached hydrogens (tertiary/aromatic N) is 1. The zero-order chi connectivity index (χ0) is 15.4. The Balaban J connectivity index is 2.52. The van der Waals surface area contributed by atoms with Gasteiger partial charge in [0.25, 0.3) is 11.4 Å². The molecule has 21 heavy (non-hydrogen) atoms. The van der Waals surface area contributed by atoms with Crippen molar-refractivity contribution in [1.82, 2.24) is 0 Å². The molecular formula is C13H13NO7. The van der Waals surface area contributed by atoms with Gasteiger partial charge < -0.3 is 18.6 Å². The predicted molar refractivity (Wildman–Crippen MR) is 71.6 cm³/mol. The fourth-order valence-electron chi connectivity index (χ4n) is 1.77. The van der Waals surface area contributed by atoms with E-state index in [1.54, 1.807) is 0 Å². The third-order valence-electron chi connectivity index (χ3n) is 2.74. The maximum absolute atomic E-state index is 11.7. The van der Waals surface area contributed by atoms with Crippen LogP contribution in [0.3, 0.4) is 0 Å². The highest BCUT2D eigenvalue weighted by atomic mass is 16.6. The molecule has 0 spiro atoms. The van der Waals surface area contributed by atoms with Crippen molar-refractivity contribution in [3.8, 4) is 5.75 Å². The van der Waals surface area contributed by atoms with Gasteiger partial charge >= 0.3 is 5.97 Å². The van der Waals surface area contributed by atoms with E-state index in [2.05, 4.69) is 4.74 Å². The zero-order valence-corrected chi connectivity index (χ0v) is 11.5. The van der Waals surface area contributed by atoms with Gasteiger partial charge in [-0.15, -0.1) is 0 Å². The fraction of sp³-hybridized carbons (Fsp3) is 0.308. The highest BCUT2D eigenvalue weighted by molar-refractivity contribution is 5.99. The van der Waals surface area contributed by atoms with Crippen LogP contribution in [0, 0.1) is 10.1 Å². The van der Waals surface area contributed by atoms with Crippen molar-refractivity contribution >= 4 is 22.6 Å². The lowest BCUT2D eigenvalue weighted by Crippen LogP contribution is -2.08. The molecule has 2 rings (SSSR count). The first-order valence-corrected chi connectivity index (χ1v) is 5.99. The first-order chi connectivity index (χ1) is 10.1. The summed E-state index contributed by atoms with van der Waals surface area (Å²) in [5, 5.41) is 11.2. The molecule has 0 fully saturated rings. The van der Waals surface area contributed by atoms with E-state index in [4.69, 9.17) is 13.9 Å². The van der Waals surface area contributed by atoms with Gasteiger partial charge in [0.1, 0.15) is 12.2 Å². The molecule has 8 nitrogen and oxygen atoms in total. The largest absolute Gasteiger partial charge is 0.486 e. The molecular weight excluding hydrogens is 282 g/mol. The number of hydrogen-bond donors (Lipinski definition) is 0. The van der Waals surface area contributed by atoms with Crippen molar-refractivity contribution in [3.05, 3.63) is 34.1 Å². The smallest absolute Gasteiger partial charge is 0.377 e. The lowest BCUT2D eigenvalue weighted by molar-refractivity contribution is -0.384. The number of furan rings is 1. The summed E-state index contributed by atoms with van der Waals surface area (Å²) in [6.45, 7) is 0.458. The molecule has 0 aliphatic rings. The molecule has 0 aliphatic carbocycles. The Morgan fingerprint density at radius 1 is 1.33 bits per heavy atom. The Morgan fingerprint density at radius 3 is 2.71 bits per heavy atom. The second kappa shape index (κ2) is 6.23. The van der Waals surface area contributed by atoms with E-state index in [9.17, 15) is 14.9 Å². The second-order valence-electron chi connectivity index (χ2n) is 4.03. The first kappa shape index (κ1) is 14.8. The van der Waals surface area contributed by atoms with Crippen LogP contribution in [0.5, 0.6) is 5.75 Å². The fourth-order valence-corrected chi connectivity index (χ4v) is 1.77. The van der Waals surface area contributed by atoms with Crippen molar-refractivity contribution in [2.24, 2.45) is 0 Å². The molecule has 0 saturated heterocycles. The van der Waals surface area contributed by atoms with Crippen LogP contribution in [-0.4, -0.2) is 38.3 Å². The molecule has 8 heteroatoms. The van der Waals surface area contributed by atoms with E-state index >= 15 is 0 Å². The third kappa shape index (κ3) is 2.95. The Morgan fingerprint density at radius 2 is 2.10 bits per heavy atom. The Kier molecular flexibility index (Phi) is 4.39. The molecule has 0 atom stereocenters. The predicted octanol–water partition coefficient (Wildman–Crippen LogP) is 2.15. The van der Waals surface area contributed by atoms with Gasteiger partial charge in [-0.1, -0.05) is 0 Å². The van der Waals surface area contributed by atoms with Gasteiger partial charge in [0, 0.05) is 19.2 Å². The molecule has 0 unspecified atom stereocenters. The molecule has 0 radical (unpaired) electrons. The zero-order valence-electron chi connectivity index (χ0n) is 11.5. The number of fused-ring (bicyclic) bond motifs is 1. The topological polar surface area (TPSA) is 101 Å². The molecule has 0 aliphatic heterocycles. The lowest BCUT2D eigenvalue weighted by Gasteiger charge is -2.05. The Hall–Kier alpha value is -2.61. The Bertz CT molecular complexity index is 676. The third-order valence-corrected chi connectivity index (χ3v) is 2.74. The highest BCUT2D eigenvalue weighted by Gasteiger charge is 2.24. The van der Waals surface area contributed by atoms with Crippen molar-refractivity contribution in [3.63, 3.8) is 0 Å². The van der Waals surface area contributed by atoms with Gasteiger partial charge in [-0.2, -0.15) is 0 Å². The van der Waals surface area contributed by atoms with Crippen molar-refractivity contribution in [1.29, 1.82) is 0 Å². The molecule has 1 aromatic carbocycles. The van der Waals surface area contributed by atoms with E-state index < -0.39 is 10.9 Å². The van der Waals surface area contributed by atoms with Crippen LogP contribution in [0.15, 0.2) is 22.6 Å². The quantitative estimate of drug-likeness (QED) is 0.348. The average Bonchev–Trinajstić information content (AvgIpc) is 2.84. The standard InChI is InChI=1S/C13H13NO7/c1-18-5-6-20-11-9-7-8(14(16)17)3-4-10(9)21-12(11)13(15)19-2/h3-4,7H,5-6H2,1-2H3. The maximum atomic E-state index is 11.7. The summed E-state index contributed by atoms with van der Waals surface area (Å²) in [5.41, 5.74) is 0.171. The van der Waals surface area contributed by atoms with Crippen molar-refractivity contribution < 1.29 is 28.3 Å². The summed E-state index contributed by atoms with van der Waals surface area (Å²) in [6, 6.07) is 3.97. The molecule has 0 bridgehead atoms. The molecule has 1 aromatic heterocycles. The minimum Gasteiger partial charge on any atom is -0.486 e. The number of esters is 1. The van der Waals surface area contributed by atoms with E-state index in [-0.39, 0.29) is 23.8 Å². The summed E-state index contributed by atoms with van der Waals surface area (Å²) < 4.78 is 20.3. The Labute approximate surface area is 119 Å². The normalized spacial score (nSPS) is 10.6. The summed E-state index contributed by atoms with van der Waals surface area (Å²) in [5.74, 6) is -0.747. The number of hydrogen-bond acceptors (Lipinski definition) is 7. The summed E-state index contributed by atoms with van der Waals surface area (Å²) >= 11 is 0. The minimum absolute atomic E-state index is 0.109. The van der Waals surface area contributed by atoms with E-state index in [0.717, 1.165) is 0 Å². The molecule has 0 amide bonds. The highest BCUT2D eigenvalue weighted by Crippen LogP contribution is 2.35. The summed E-state index contributed by atoms with van der Waals surface area (Å²) in [4.78, 5) is 22.0. The maximum Gasteiger partial charge on any atom is 0.377 e. The monoisotopic (exact) mass is 295 g/mol. The number of benzene rings is 1. The molecule has 1 heterocycles. The molecule has 2 aromatic rings. The van der Waals surface area contributed by atoms with E-state index in [1.165, 1.54) is 32.4 Å². The van der Waals surface area contributed by atoms with Gasteiger partial charge in [-0.05, 0) is 6.07 Å². The van der Waals surface area contributed by atoms with Crippen LogP contribution in [-0.2, 0) is 9.47 Å². The average molecular weight is 295 g/mol. The minimum atomic E-state index is -0.721. The first-order valence-electron chi connectivity index (χ1n) is 5.99. The number of non-ortho nitro benzene ring substituents is 1. The lowest BCUT2D eigenvalue weighted by atomic mass is 10.2. The SMILES string of the molecule is COCCOc1c(C(=O)OC)oc2ccc([N+](=O)[O-])cc12. The van der Waals surface area contributed by atoms with Gasteiger partial charge in [0.15, 0.2) is 5.75 Å². The van der Waals surface area contributed by atoms with Crippen LogP contribution < -0.4 is 4.74 Å². The number of carbonyl (C=O) groups excluding carboxylic acids is 1.